The number of methoxy groups -OCH3 is 1. The lowest BCUT2D eigenvalue weighted by atomic mass is 10.2. The van der Waals surface area contributed by atoms with Crippen molar-refractivity contribution in [2.24, 2.45) is 0 Å². The molecule has 2 N–H and O–H groups in total. The standard InChI is InChI=1S/C15H19N3O6S/c1-10(19)16-7-8-17-25(22,23)13-9-11(3-4-12(13)24-2)18-14(20)5-6-15(18)21/h3-4,9,17H,5-8H2,1-2H3,(H,16,19). The van der Waals surface area contributed by atoms with Crippen LogP contribution < -0.4 is 19.7 Å². The first-order chi connectivity index (χ1) is 11.8. The largest absolute Gasteiger partial charge is 0.495 e. The molecule has 10 heteroatoms. The van der Waals surface area contributed by atoms with Gasteiger partial charge < -0.3 is 10.1 Å². The van der Waals surface area contributed by atoms with Crippen LogP contribution in [0, 0.1) is 0 Å². The average molecular weight is 369 g/mol. The fourth-order valence-electron chi connectivity index (χ4n) is 2.38. The Morgan fingerprint density at radius 2 is 1.84 bits per heavy atom. The van der Waals surface area contributed by atoms with E-state index in [0.717, 1.165) is 4.90 Å². The van der Waals surface area contributed by atoms with E-state index in [1.165, 1.54) is 32.2 Å². The van der Waals surface area contributed by atoms with Crippen LogP contribution in [-0.4, -0.2) is 46.3 Å². The number of hydrogen-bond acceptors (Lipinski definition) is 6. The zero-order valence-electron chi connectivity index (χ0n) is 13.9. The van der Waals surface area contributed by atoms with Gasteiger partial charge in [0.1, 0.15) is 10.6 Å². The van der Waals surface area contributed by atoms with E-state index in [1.807, 2.05) is 0 Å². The molecule has 136 valence electrons. The average Bonchev–Trinajstić information content (AvgIpc) is 2.89. The molecular formula is C15H19N3O6S. The molecule has 0 saturated carbocycles. The van der Waals surface area contributed by atoms with Crippen LogP contribution in [0.2, 0.25) is 0 Å². The maximum Gasteiger partial charge on any atom is 0.244 e. The van der Waals surface area contributed by atoms with E-state index < -0.39 is 10.0 Å². The monoisotopic (exact) mass is 369 g/mol. The predicted molar refractivity (Wildman–Crippen MR) is 88.6 cm³/mol. The second kappa shape index (κ2) is 7.62. The minimum Gasteiger partial charge on any atom is -0.495 e. The summed E-state index contributed by atoms with van der Waals surface area (Å²) in [6, 6.07) is 4.06. The third-order valence-electron chi connectivity index (χ3n) is 3.54. The summed E-state index contributed by atoms with van der Waals surface area (Å²) in [5.74, 6) is -0.950. The third kappa shape index (κ3) is 4.34. The van der Waals surface area contributed by atoms with Gasteiger partial charge in [-0.1, -0.05) is 0 Å². The highest BCUT2D eigenvalue weighted by Crippen LogP contribution is 2.31. The van der Waals surface area contributed by atoms with Crippen molar-refractivity contribution in [2.75, 3.05) is 25.1 Å². The van der Waals surface area contributed by atoms with Gasteiger partial charge in [-0.25, -0.2) is 13.1 Å². The van der Waals surface area contributed by atoms with Crippen LogP contribution in [-0.2, 0) is 24.4 Å². The van der Waals surface area contributed by atoms with Gasteiger partial charge in [0, 0.05) is 32.9 Å². The quantitative estimate of drug-likeness (QED) is 0.505. The summed E-state index contributed by atoms with van der Waals surface area (Å²) in [7, 11) is -2.65. The topological polar surface area (TPSA) is 122 Å². The normalized spacial score (nSPS) is 14.7. The second-order valence-corrected chi connectivity index (χ2v) is 7.07. The molecule has 3 amide bonds. The number of nitrogens with zero attached hydrogens (tertiary/aromatic N) is 1. The van der Waals surface area contributed by atoms with E-state index in [1.54, 1.807) is 0 Å². The minimum atomic E-state index is -3.96. The van der Waals surface area contributed by atoms with Crippen LogP contribution in [0.15, 0.2) is 23.1 Å². The van der Waals surface area contributed by atoms with Crippen molar-refractivity contribution in [1.82, 2.24) is 10.0 Å². The Hall–Kier alpha value is -2.46. The van der Waals surface area contributed by atoms with Gasteiger partial charge in [0.05, 0.1) is 12.8 Å². The summed E-state index contributed by atoms with van der Waals surface area (Å²) in [5, 5.41) is 2.47. The first kappa shape index (κ1) is 18.9. The summed E-state index contributed by atoms with van der Waals surface area (Å²) >= 11 is 0. The number of carbonyl (C=O) groups is 3. The van der Waals surface area contributed by atoms with E-state index in [9.17, 15) is 22.8 Å². The first-order valence-corrected chi connectivity index (χ1v) is 9.02. The van der Waals surface area contributed by atoms with Crippen molar-refractivity contribution in [3.05, 3.63) is 18.2 Å². The number of nitrogens with one attached hydrogen (secondary N) is 2. The molecule has 1 saturated heterocycles. The van der Waals surface area contributed by atoms with Gasteiger partial charge in [-0.05, 0) is 18.2 Å². The van der Waals surface area contributed by atoms with Gasteiger partial charge >= 0.3 is 0 Å². The molecule has 0 aliphatic carbocycles. The lowest BCUT2D eigenvalue weighted by molar-refractivity contribution is -0.121. The van der Waals surface area contributed by atoms with Crippen LogP contribution in [0.3, 0.4) is 0 Å². The van der Waals surface area contributed by atoms with Crippen molar-refractivity contribution in [3.63, 3.8) is 0 Å². The fourth-order valence-corrected chi connectivity index (χ4v) is 3.60. The van der Waals surface area contributed by atoms with Crippen LogP contribution in [0.4, 0.5) is 5.69 Å². The Kier molecular flexibility index (Phi) is 5.75. The number of benzene rings is 1. The maximum atomic E-state index is 12.5. The fraction of sp³-hybridized carbons (Fsp3) is 0.400. The maximum absolute atomic E-state index is 12.5. The molecule has 0 spiro atoms. The van der Waals surface area contributed by atoms with E-state index in [0.29, 0.717) is 0 Å². The van der Waals surface area contributed by atoms with E-state index in [4.69, 9.17) is 4.74 Å². The minimum absolute atomic E-state index is 0.0170. The summed E-state index contributed by atoms with van der Waals surface area (Å²) < 4.78 is 32.4. The van der Waals surface area contributed by atoms with Crippen molar-refractivity contribution < 1.29 is 27.5 Å². The zero-order chi connectivity index (χ0) is 18.6. The highest BCUT2D eigenvalue weighted by atomic mass is 32.2. The van der Waals surface area contributed by atoms with Crippen molar-refractivity contribution >= 4 is 33.4 Å². The Balaban J connectivity index is 2.28. The molecule has 2 rings (SSSR count). The highest BCUT2D eigenvalue weighted by Gasteiger charge is 2.31. The molecule has 9 nitrogen and oxygen atoms in total. The van der Waals surface area contributed by atoms with Crippen LogP contribution in [0.5, 0.6) is 5.75 Å². The lowest BCUT2D eigenvalue weighted by Crippen LogP contribution is -2.34. The van der Waals surface area contributed by atoms with Crippen molar-refractivity contribution in [1.29, 1.82) is 0 Å². The van der Waals surface area contributed by atoms with E-state index in [-0.39, 0.29) is 60.0 Å². The Bertz CT molecular complexity index is 789. The molecule has 0 bridgehead atoms. The molecule has 0 aromatic heterocycles. The number of carbonyl (C=O) groups excluding carboxylic acids is 3. The molecule has 25 heavy (non-hydrogen) atoms. The van der Waals surface area contributed by atoms with Gasteiger partial charge in [-0.3, -0.25) is 19.3 Å². The number of sulfonamides is 1. The van der Waals surface area contributed by atoms with E-state index in [2.05, 4.69) is 10.0 Å². The summed E-state index contributed by atoms with van der Waals surface area (Å²) in [5.41, 5.74) is 0.176. The van der Waals surface area contributed by atoms with Crippen molar-refractivity contribution in [3.8, 4) is 5.75 Å². The number of rotatable bonds is 7. The number of imide groups is 1. The van der Waals surface area contributed by atoms with Gasteiger partial charge in [-0.15, -0.1) is 0 Å². The number of ether oxygens (including phenoxy) is 1. The van der Waals surface area contributed by atoms with Crippen molar-refractivity contribution in [2.45, 2.75) is 24.7 Å². The molecule has 1 fully saturated rings. The first-order valence-electron chi connectivity index (χ1n) is 7.54. The number of hydrogen-bond donors (Lipinski definition) is 2. The van der Waals surface area contributed by atoms with Crippen LogP contribution >= 0.6 is 0 Å². The molecule has 0 unspecified atom stereocenters. The summed E-state index contributed by atoms with van der Waals surface area (Å²) in [6.45, 7) is 1.43. The molecule has 0 atom stereocenters. The lowest BCUT2D eigenvalue weighted by Gasteiger charge is -2.17. The molecule has 1 aromatic carbocycles. The number of amides is 3. The van der Waals surface area contributed by atoms with Gasteiger partial charge in [0.15, 0.2) is 0 Å². The summed E-state index contributed by atoms with van der Waals surface area (Å²) in [6.07, 6.45) is 0.198. The molecule has 1 aliphatic heterocycles. The van der Waals surface area contributed by atoms with E-state index >= 15 is 0 Å². The van der Waals surface area contributed by atoms with Crippen LogP contribution in [0.1, 0.15) is 19.8 Å². The SMILES string of the molecule is COc1ccc(N2C(=O)CCC2=O)cc1S(=O)(=O)NCCNC(C)=O. The Morgan fingerprint density at radius 3 is 2.40 bits per heavy atom. The number of anilines is 1. The molecule has 1 aromatic rings. The predicted octanol–water partition coefficient (Wildman–Crippen LogP) is -0.237. The Labute approximate surface area is 145 Å². The molecule has 1 heterocycles. The van der Waals surface area contributed by atoms with Gasteiger partial charge in [-0.2, -0.15) is 0 Å². The molecule has 0 radical (unpaired) electrons. The molecule has 1 aliphatic rings. The zero-order valence-corrected chi connectivity index (χ0v) is 14.7. The Morgan fingerprint density at radius 1 is 1.20 bits per heavy atom. The van der Waals surface area contributed by atoms with Gasteiger partial charge in [0.25, 0.3) is 0 Å². The second-order valence-electron chi connectivity index (χ2n) is 5.34. The molecular weight excluding hydrogens is 350 g/mol. The van der Waals surface area contributed by atoms with Crippen LogP contribution in [0.25, 0.3) is 0 Å². The third-order valence-corrected chi connectivity index (χ3v) is 5.02. The smallest absolute Gasteiger partial charge is 0.244 e. The highest BCUT2D eigenvalue weighted by molar-refractivity contribution is 7.89. The summed E-state index contributed by atoms with van der Waals surface area (Å²) in [4.78, 5) is 35.3. The van der Waals surface area contributed by atoms with Gasteiger partial charge in [0.2, 0.25) is 27.7 Å².